The van der Waals surface area contributed by atoms with Crippen LogP contribution in [0.2, 0.25) is 0 Å². The Morgan fingerprint density at radius 3 is 2.50 bits per heavy atom. The van der Waals surface area contributed by atoms with Gasteiger partial charge < -0.3 is 0 Å². The fraction of sp³-hybridized carbons (Fsp3) is 0.400. The minimum absolute atomic E-state index is 1.16. The van der Waals surface area contributed by atoms with E-state index in [-0.39, 0.29) is 0 Å². The highest BCUT2D eigenvalue weighted by Gasteiger charge is 1.96. The Labute approximate surface area is 82.5 Å². The van der Waals surface area contributed by atoms with Crippen LogP contribution in [0, 0.1) is 13.8 Å². The van der Waals surface area contributed by atoms with E-state index in [2.05, 4.69) is 39.0 Å². The van der Waals surface area contributed by atoms with E-state index in [0.717, 1.165) is 5.75 Å². The van der Waals surface area contributed by atoms with Crippen molar-refractivity contribution >= 4 is 21.6 Å². The molecule has 0 aliphatic rings. The Morgan fingerprint density at radius 2 is 1.92 bits per heavy atom. The van der Waals surface area contributed by atoms with Crippen LogP contribution in [0.5, 0.6) is 0 Å². The van der Waals surface area contributed by atoms with Crippen molar-refractivity contribution in [3.05, 3.63) is 29.3 Å². The first kappa shape index (κ1) is 10.0. The molecule has 0 nitrogen and oxygen atoms in total. The summed E-state index contributed by atoms with van der Waals surface area (Å²) in [5, 5.41) is 0. The smallest absolute Gasteiger partial charge is 0.0185 e. The lowest BCUT2D eigenvalue weighted by Gasteiger charge is -2.02. The van der Waals surface area contributed by atoms with E-state index < -0.39 is 0 Å². The molecule has 2 heteroatoms. The summed E-state index contributed by atoms with van der Waals surface area (Å²) >= 11 is 0. The number of aryl methyl sites for hydroxylation is 2. The molecule has 0 spiro atoms. The monoisotopic (exact) mass is 198 g/mol. The molecule has 0 amide bonds. The zero-order chi connectivity index (χ0) is 8.97. The SMILES string of the molecule is CCSSc1ccc(C)c(C)c1. The Morgan fingerprint density at radius 1 is 1.17 bits per heavy atom. The van der Waals surface area contributed by atoms with E-state index in [1.807, 2.05) is 21.6 Å². The summed E-state index contributed by atoms with van der Waals surface area (Å²) in [7, 11) is 3.75. The van der Waals surface area contributed by atoms with Crippen LogP contribution < -0.4 is 0 Å². The second-order valence-electron chi connectivity index (χ2n) is 2.74. The van der Waals surface area contributed by atoms with Gasteiger partial charge in [-0.1, -0.05) is 34.6 Å². The first-order chi connectivity index (χ1) is 5.74. The Kier molecular flexibility index (Phi) is 4.02. The van der Waals surface area contributed by atoms with Crippen LogP contribution in [-0.4, -0.2) is 5.75 Å². The summed E-state index contributed by atoms with van der Waals surface area (Å²) < 4.78 is 0. The first-order valence-electron chi connectivity index (χ1n) is 4.10. The maximum absolute atomic E-state index is 2.25. The highest BCUT2D eigenvalue weighted by Crippen LogP contribution is 2.31. The summed E-state index contributed by atoms with van der Waals surface area (Å²) in [6.07, 6.45) is 0. The van der Waals surface area contributed by atoms with Gasteiger partial charge in [-0.25, -0.2) is 0 Å². The average Bonchev–Trinajstić information content (AvgIpc) is 2.07. The summed E-state index contributed by atoms with van der Waals surface area (Å²) in [4.78, 5) is 1.37. The molecule has 0 atom stereocenters. The molecule has 12 heavy (non-hydrogen) atoms. The molecule has 0 N–H and O–H groups in total. The minimum atomic E-state index is 1.16. The molecule has 0 radical (unpaired) electrons. The molecular weight excluding hydrogens is 184 g/mol. The molecule has 0 fully saturated rings. The van der Waals surface area contributed by atoms with Crippen LogP contribution in [-0.2, 0) is 0 Å². The van der Waals surface area contributed by atoms with Crippen molar-refractivity contribution in [1.82, 2.24) is 0 Å². The van der Waals surface area contributed by atoms with Gasteiger partial charge in [0.15, 0.2) is 0 Å². The Bertz CT molecular complexity index is 256. The second kappa shape index (κ2) is 4.83. The van der Waals surface area contributed by atoms with Gasteiger partial charge in [0, 0.05) is 10.6 Å². The van der Waals surface area contributed by atoms with E-state index in [1.165, 1.54) is 16.0 Å². The molecular formula is C10H14S2. The molecule has 1 aromatic rings. The number of rotatable bonds is 3. The summed E-state index contributed by atoms with van der Waals surface area (Å²) in [5.41, 5.74) is 2.76. The molecule has 1 aromatic carbocycles. The van der Waals surface area contributed by atoms with Gasteiger partial charge >= 0.3 is 0 Å². The standard InChI is InChI=1S/C10H14S2/c1-4-11-12-10-6-5-8(2)9(3)7-10/h5-7H,4H2,1-3H3. The Balaban J connectivity index is 2.69. The number of hydrogen-bond acceptors (Lipinski definition) is 2. The second-order valence-corrected chi connectivity index (χ2v) is 5.39. The summed E-state index contributed by atoms with van der Waals surface area (Å²) in [6, 6.07) is 6.63. The molecule has 0 heterocycles. The van der Waals surface area contributed by atoms with Crippen LogP contribution in [0.1, 0.15) is 18.1 Å². The van der Waals surface area contributed by atoms with Gasteiger partial charge in [-0.2, -0.15) is 0 Å². The maximum atomic E-state index is 2.25. The third-order valence-corrected chi connectivity index (χ3v) is 4.19. The summed E-state index contributed by atoms with van der Waals surface area (Å²) in [5.74, 6) is 1.16. The lowest BCUT2D eigenvalue weighted by molar-refractivity contribution is 1.28. The quantitative estimate of drug-likeness (QED) is 0.672. The molecule has 0 saturated carbocycles. The molecule has 0 bridgehead atoms. The topological polar surface area (TPSA) is 0 Å². The van der Waals surface area contributed by atoms with Gasteiger partial charge in [-0.15, -0.1) is 0 Å². The van der Waals surface area contributed by atoms with Gasteiger partial charge in [-0.05, 0) is 37.1 Å². The van der Waals surface area contributed by atoms with Crippen molar-refractivity contribution in [2.45, 2.75) is 25.7 Å². The largest absolute Gasteiger partial charge is 0.0892 e. The van der Waals surface area contributed by atoms with E-state index in [1.54, 1.807) is 0 Å². The van der Waals surface area contributed by atoms with Gasteiger partial charge in [-0.3, -0.25) is 0 Å². The zero-order valence-corrected chi connectivity index (χ0v) is 9.39. The molecule has 1 rings (SSSR count). The fourth-order valence-corrected chi connectivity index (χ4v) is 2.57. The van der Waals surface area contributed by atoms with Crippen molar-refractivity contribution in [3.8, 4) is 0 Å². The molecule has 66 valence electrons. The van der Waals surface area contributed by atoms with Crippen molar-refractivity contribution in [3.63, 3.8) is 0 Å². The van der Waals surface area contributed by atoms with Crippen molar-refractivity contribution in [2.24, 2.45) is 0 Å². The van der Waals surface area contributed by atoms with Crippen LogP contribution in [0.4, 0.5) is 0 Å². The van der Waals surface area contributed by atoms with Crippen LogP contribution >= 0.6 is 21.6 Å². The average molecular weight is 198 g/mol. The fourth-order valence-electron chi connectivity index (χ4n) is 0.893. The van der Waals surface area contributed by atoms with Crippen LogP contribution in [0.25, 0.3) is 0 Å². The lowest BCUT2D eigenvalue weighted by atomic mass is 10.1. The van der Waals surface area contributed by atoms with Crippen molar-refractivity contribution in [2.75, 3.05) is 5.75 Å². The lowest BCUT2D eigenvalue weighted by Crippen LogP contribution is -1.79. The molecule has 0 aliphatic carbocycles. The highest BCUT2D eigenvalue weighted by atomic mass is 33.1. The molecule has 0 aliphatic heterocycles. The van der Waals surface area contributed by atoms with Gasteiger partial charge in [0.25, 0.3) is 0 Å². The molecule has 0 unspecified atom stereocenters. The predicted octanol–water partition coefficient (Wildman–Crippen LogP) is 4.06. The normalized spacial score (nSPS) is 10.2. The third-order valence-electron chi connectivity index (χ3n) is 1.75. The number of hydrogen-bond donors (Lipinski definition) is 0. The predicted molar refractivity (Wildman–Crippen MR) is 59.9 cm³/mol. The first-order valence-corrected chi connectivity index (χ1v) is 6.42. The van der Waals surface area contributed by atoms with Crippen LogP contribution in [0.15, 0.2) is 23.1 Å². The van der Waals surface area contributed by atoms with Gasteiger partial charge in [0.05, 0.1) is 0 Å². The van der Waals surface area contributed by atoms with E-state index in [0.29, 0.717) is 0 Å². The van der Waals surface area contributed by atoms with E-state index in [4.69, 9.17) is 0 Å². The van der Waals surface area contributed by atoms with E-state index >= 15 is 0 Å². The van der Waals surface area contributed by atoms with Crippen LogP contribution in [0.3, 0.4) is 0 Å². The van der Waals surface area contributed by atoms with Crippen molar-refractivity contribution < 1.29 is 0 Å². The minimum Gasteiger partial charge on any atom is -0.0892 e. The number of benzene rings is 1. The third kappa shape index (κ3) is 2.76. The van der Waals surface area contributed by atoms with Gasteiger partial charge in [0.2, 0.25) is 0 Å². The van der Waals surface area contributed by atoms with Crippen molar-refractivity contribution in [1.29, 1.82) is 0 Å². The van der Waals surface area contributed by atoms with E-state index in [9.17, 15) is 0 Å². The maximum Gasteiger partial charge on any atom is 0.0185 e. The summed E-state index contributed by atoms with van der Waals surface area (Å²) in [6.45, 7) is 6.49. The Hall–Kier alpha value is -0.0800. The molecule has 0 saturated heterocycles. The molecule has 0 aromatic heterocycles. The zero-order valence-electron chi connectivity index (χ0n) is 7.76. The van der Waals surface area contributed by atoms with Gasteiger partial charge in [0.1, 0.15) is 0 Å². The highest BCUT2D eigenvalue weighted by molar-refractivity contribution is 8.76.